The number of halogens is 1. The van der Waals surface area contributed by atoms with Crippen LogP contribution in [0.25, 0.3) is 0 Å². The number of hydrogen-bond donors (Lipinski definition) is 1. The van der Waals surface area contributed by atoms with E-state index in [0.29, 0.717) is 12.6 Å². The molecule has 2 saturated heterocycles. The number of hydrogen-bond acceptors (Lipinski definition) is 3. The molecular formula is C11H21ClN2O2. The van der Waals surface area contributed by atoms with Crippen LogP contribution in [0.4, 0.5) is 4.79 Å². The summed E-state index contributed by atoms with van der Waals surface area (Å²) in [6.45, 7) is 3.34. The van der Waals surface area contributed by atoms with E-state index in [2.05, 4.69) is 5.32 Å². The van der Waals surface area contributed by atoms with Gasteiger partial charge in [-0.1, -0.05) is 6.42 Å². The van der Waals surface area contributed by atoms with Gasteiger partial charge in [-0.25, -0.2) is 4.79 Å². The van der Waals surface area contributed by atoms with Gasteiger partial charge < -0.3 is 15.0 Å². The standard InChI is InChI=1S/C11H20N2O2.ClH/c14-11(13-7-3-4-8-13)15-9-10-5-1-2-6-12-10;/h10,12H,1-9H2;1H. The molecule has 2 fully saturated rings. The van der Waals surface area contributed by atoms with Gasteiger partial charge in [-0.3, -0.25) is 0 Å². The smallest absolute Gasteiger partial charge is 0.409 e. The summed E-state index contributed by atoms with van der Waals surface area (Å²) in [5, 5.41) is 3.37. The molecule has 2 rings (SSSR count). The van der Waals surface area contributed by atoms with Crippen LogP contribution >= 0.6 is 12.4 Å². The molecule has 16 heavy (non-hydrogen) atoms. The molecule has 0 aromatic rings. The SMILES string of the molecule is Cl.O=C(OCC1CCCCN1)N1CCCC1. The van der Waals surface area contributed by atoms with Gasteiger partial charge in [0.2, 0.25) is 0 Å². The second kappa shape index (κ2) is 6.97. The molecule has 0 bridgehead atoms. The molecule has 0 radical (unpaired) electrons. The number of nitrogens with one attached hydrogen (secondary N) is 1. The Morgan fingerprint density at radius 1 is 1.25 bits per heavy atom. The minimum atomic E-state index is -0.125. The number of nitrogens with zero attached hydrogens (tertiary/aromatic N) is 1. The summed E-state index contributed by atoms with van der Waals surface area (Å²) in [4.78, 5) is 13.4. The summed E-state index contributed by atoms with van der Waals surface area (Å²) in [7, 11) is 0. The van der Waals surface area contributed by atoms with Gasteiger partial charge in [-0.15, -0.1) is 12.4 Å². The Morgan fingerprint density at radius 3 is 2.62 bits per heavy atom. The maximum atomic E-state index is 11.6. The van der Waals surface area contributed by atoms with Crippen LogP contribution in [-0.2, 0) is 4.74 Å². The van der Waals surface area contributed by atoms with Crippen LogP contribution in [0.1, 0.15) is 32.1 Å². The lowest BCUT2D eigenvalue weighted by Gasteiger charge is -2.24. The van der Waals surface area contributed by atoms with Crippen molar-refractivity contribution in [1.29, 1.82) is 0 Å². The van der Waals surface area contributed by atoms with Gasteiger partial charge in [0.25, 0.3) is 0 Å². The topological polar surface area (TPSA) is 41.6 Å². The van der Waals surface area contributed by atoms with E-state index in [1.54, 1.807) is 0 Å². The molecule has 1 unspecified atom stereocenters. The Kier molecular flexibility index (Phi) is 5.91. The molecule has 94 valence electrons. The number of carbonyl (C=O) groups excluding carboxylic acids is 1. The van der Waals surface area contributed by atoms with Crippen molar-refractivity contribution in [2.24, 2.45) is 0 Å². The van der Waals surface area contributed by atoms with Crippen molar-refractivity contribution in [2.75, 3.05) is 26.2 Å². The monoisotopic (exact) mass is 248 g/mol. The van der Waals surface area contributed by atoms with Crippen LogP contribution in [0.15, 0.2) is 0 Å². The number of carbonyl (C=O) groups is 1. The van der Waals surface area contributed by atoms with Crippen molar-refractivity contribution in [3.8, 4) is 0 Å². The lowest BCUT2D eigenvalue weighted by atomic mass is 10.1. The van der Waals surface area contributed by atoms with Crippen LogP contribution in [0.5, 0.6) is 0 Å². The Balaban J connectivity index is 0.00000128. The molecule has 0 aromatic carbocycles. The zero-order valence-electron chi connectivity index (χ0n) is 9.61. The number of rotatable bonds is 2. The lowest BCUT2D eigenvalue weighted by molar-refractivity contribution is 0.0964. The van der Waals surface area contributed by atoms with E-state index in [9.17, 15) is 4.79 Å². The third-order valence-electron chi connectivity index (χ3n) is 3.18. The highest BCUT2D eigenvalue weighted by Crippen LogP contribution is 2.11. The first-order valence-corrected chi connectivity index (χ1v) is 6.01. The summed E-state index contributed by atoms with van der Waals surface area (Å²) >= 11 is 0. The molecular weight excluding hydrogens is 228 g/mol. The molecule has 0 aliphatic carbocycles. The first-order chi connectivity index (χ1) is 7.36. The molecule has 5 heteroatoms. The van der Waals surface area contributed by atoms with Crippen LogP contribution in [0.2, 0.25) is 0 Å². The Labute approximate surface area is 103 Å². The molecule has 2 aliphatic heterocycles. The highest BCUT2D eigenvalue weighted by molar-refractivity contribution is 5.85. The Bertz CT molecular complexity index is 214. The maximum Gasteiger partial charge on any atom is 0.409 e. The Hall–Kier alpha value is -0.480. The van der Waals surface area contributed by atoms with Gasteiger partial charge >= 0.3 is 6.09 Å². The van der Waals surface area contributed by atoms with Crippen LogP contribution < -0.4 is 5.32 Å². The van der Waals surface area contributed by atoms with Gasteiger partial charge in [0, 0.05) is 19.1 Å². The summed E-state index contributed by atoms with van der Waals surface area (Å²) in [5.74, 6) is 0. The summed E-state index contributed by atoms with van der Waals surface area (Å²) in [6, 6.07) is 0.380. The van der Waals surface area contributed by atoms with Gasteiger partial charge in [-0.2, -0.15) is 0 Å². The van der Waals surface area contributed by atoms with Crippen LogP contribution in [-0.4, -0.2) is 43.3 Å². The predicted molar refractivity (Wildman–Crippen MR) is 65.0 cm³/mol. The van der Waals surface area contributed by atoms with E-state index in [1.807, 2.05) is 4.90 Å². The van der Waals surface area contributed by atoms with Crippen molar-refractivity contribution in [1.82, 2.24) is 10.2 Å². The van der Waals surface area contributed by atoms with Crippen molar-refractivity contribution < 1.29 is 9.53 Å². The average Bonchev–Trinajstić information content (AvgIpc) is 2.81. The van der Waals surface area contributed by atoms with Crippen LogP contribution in [0.3, 0.4) is 0 Å². The molecule has 0 saturated carbocycles. The zero-order valence-corrected chi connectivity index (χ0v) is 10.4. The first kappa shape index (κ1) is 13.6. The molecule has 4 nitrogen and oxygen atoms in total. The quantitative estimate of drug-likeness (QED) is 0.810. The highest BCUT2D eigenvalue weighted by Gasteiger charge is 2.21. The van der Waals surface area contributed by atoms with Crippen molar-refractivity contribution in [3.05, 3.63) is 0 Å². The van der Waals surface area contributed by atoms with E-state index >= 15 is 0 Å². The Morgan fingerprint density at radius 2 is 2.00 bits per heavy atom. The normalized spacial score (nSPS) is 25.0. The summed E-state index contributed by atoms with van der Waals surface area (Å²) < 4.78 is 5.29. The zero-order chi connectivity index (χ0) is 10.5. The van der Waals surface area contributed by atoms with Gasteiger partial charge in [0.05, 0.1) is 0 Å². The molecule has 2 heterocycles. The van der Waals surface area contributed by atoms with Crippen molar-refractivity contribution >= 4 is 18.5 Å². The molecule has 1 amide bonds. The number of amides is 1. The van der Waals surface area contributed by atoms with E-state index < -0.39 is 0 Å². The van der Waals surface area contributed by atoms with Crippen molar-refractivity contribution in [3.63, 3.8) is 0 Å². The van der Waals surface area contributed by atoms with Crippen LogP contribution in [0, 0.1) is 0 Å². The number of piperidine rings is 1. The summed E-state index contributed by atoms with van der Waals surface area (Å²) in [6.07, 6.45) is 5.75. The second-order valence-electron chi connectivity index (χ2n) is 4.42. The predicted octanol–water partition coefficient (Wildman–Crippen LogP) is 1.78. The van der Waals surface area contributed by atoms with E-state index in [-0.39, 0.29) is 18.5 Å². The van der Waals surface area contributed by atoms with Gasteiger partial charge in [0.1, 0.15) is 6.61 Å². The second-order valence-corrected chi connectivity index (χ2v) is 4.42. The van der Waals surface area contributed by atoms with Gasteiger partial charge in [-0.05, 0) is 32.2 Å². The van der Waals surface area contributed by atoms with Gasteiger partial charge in [0.15, 0.2) is 0 Å². The molecule has 1 atom stereocenters. The molecule has 0 aromatic heterocycles. The molecule has 1 N–H and O–H groups in total. The largest absolute Gasteiger partial charge is 0.448 e. The lowest BCUT2D eigenvalue weighted by Crippen LogP contribution is -2.40. The number of likely N-dealkylation sites (tertiary alicyclic amines) is 1. The molecule has 0 spiro atoms. The van der Waals surface area contributed by atoms with E-state index in [1.165, 1.54) is 12.8 Å². The molecule has 2 aliphatic rings. The maximum absolute atomic E-state index is 11.6. The summed E-state index contributed by atoms with van der Waals surface area (Å²) in [5.41, 5.74) is 0. The third-order valence-corrected chi connectivity index (χ3v) is 3.18. The van der Waals surface area contributed by atoms with E-state index in [4.69, 9.17) is 4.74 Å². The minimum Gasteiger partial charge on any atom is -0.448 e. The fourth-order valence-corrected chi connectivity index (χ4v) is 2.23. The fraction of sp³-hybridized carbons (Fsp3) is 0.909. The minimum absolute atomic E-state index is 0. The fourth-order valence-electron chi connectivity index (χ4n) is 2.23. The number of ether oxygens (including phenoxy) is 1. The average molecular weight is 249 g/mol. The van der Waals surface area contributed by atoms with Crippen molar-refractivity contribution in [2.45, 2.75) is 38.1 Å². The first-order valence-electron chi connectivity index (χ1n) is 6.01. The van der Waals surface area contributed by atoms with E-state index in [0.717, 1.165) is 38.9 Å². The third kappa shape index (κ3) is 3.83. The highest BCUT2D eigenvalue weighted by atomic mass is 35.5.